The highest BCUT2D eigenvalue weighted by atomic mass is 127. The lowest BCUT2D eigenvalue weighted by atomic mass is 10.3. The van der Waals surface area contributed by atoms with Gasteiger partial charge in [-0.1, -0.05) is 0 Å². The van der Waals surface area contributed by atoms with Crippen LogP contribution < -0.4 is 10.6 Å². The number of likely N-dealkylation sites (N-methyl/N-ethyl adjacent to an activating group) is 1. The van der Waals surface area contributed by atoms with Crippen molar-refractivity contribution in [3.63, 3.8) is 0 Å². The van der Waals surface area contributed by atoms with E-state index in [1.165, 1.54) is 11.2 Å². The van der Waals surface area contributed by atoms with Gasteiger partial charge in [0.2, 0.25) is 5.91 Å². The molecule has 23 heavy (non-hydrogen) atoms. The molecule has 1 atom stereocenters. The Bertz CT molecular complexity index is 470. The number of hydrogen-bond donors (Lipinski definition) is 2. The van der Waals surface area contributed by atoms with Gasteiger partial charge in [0.05, 0.1) is 5.75 Å². The highest BCUT2D eigenvalue weighted by Gasteiger charge is 2.10. The first-order valence-corrected chi connectivity index (χ1v) is 10.5. The van der Waals surface area contributed by atoms with Crippen molar-refractivity contribution >= 4 is 57.4 Å². The van der Waals surface area contributed by atoms with Crippen LogP contribution in [0.15, 0.2) is 4.99 Å². The smallest absolute Gasteiger partial charge is 0.243 e. The van der Waals surface area contributed by atoms with E-state index < -0.39 is 9.84 Å². The molecule has 0 bridgehead atoms. The predicted molar refractivity (Wildman–Crippen MR) is 110 cm³/mol. The van der Waals surface area contributed by atoms with Crippen LogP contribution in [0.4, 0.5) is 0 Å². The molecule has 1 unspecified atom stereocenters. The van der Waals surface area contributed by atoms with E-state index in [1.807, 2.05) is 13.2 Å². The number of rotatable bonds is 9. The predicted octanol–water partition coefficient (Wildman–Crippen LogP) is 0.414. The van der Waals surface area contributed by atoms with Crippen LogP contribution in [0.5, 0.6) is 0 Å². The summed E-state index contributed by atoms with van der Waals surface area (Å²) in [6.45, 7) is 2.67. The maximum atomic E-state index is 11.6. The number of nitrogens with one attached hydrogen (secondary N) is 2. The molecule has 7 nitrogen and oxygen atoms in total. The third-order valence-electron chi connectivity index (χ3n) is 2.77. The van der Waals surface area contributed by atoms with E-state index in [1.54, 1.807) is 25.9 Å². The molecule has 0 heterocycles. The van der Waals surface area contributed by atoms with E-state index in [0.29, 0.717) is 12.4 Å². The summed E-state index contributed by atoms with van der Waals surface area (Å²) >= 11 is 1.71. The molecule has 0 aromatic rings. The fourth-order valence-electron chi connectivity index (χ4n) is 1.41. The lowest BCUT2D eigenvalue weighted by Gasteiger charge is -2.18. The molecule has 0 spiro atoms. The van der Waals surface area contributed by atoms with Gasteiger partial charge in [0.1, 0.15) is 16.4 Å². The van der Waals surface area contributed by atoms with Gasteiger partial charge in [-0.25, -0.2) is 13.4 Å². The van der Waals surface area contributed by atoms with Crippen molar-refractivity contribution in [2.75, 3.05) is 51.2 Å². The molecule has 2 N–H and O–H groups in total. The van der Waals surface area contributed by atoms with Gasteiger partial charge in [-0.15, -0.1) is 24.0 Å². The quantitative estimate of drug-likeness (QED) is 0.215. The molecule has 0 aromatic heterocycles. The summed E-state index contributed by atoms with van der Waals surface area (Å²) in [5.74, 6) is 1.48. The second-order valence-corrected chi connectivity index (χ2v) is 8.58. The number of carbonyl (C=O) groups is 1. The van der Waals surface area contributed by atoms with E-state index in [9.17, 15) is 13.2 Å². The second kappa shape index (κ2) is 13.1. The topological polar surface area (TPSA) is 90.9 Å². The van der Waals surface area contributed by atoms with Crippen LogP contribution in [0.1, 0.15) is 13.3 Å². The van der Waals surface area contributed by atoms with Crippen molar-refractivity contribution in [2.24, 2.45) is 4.99 Å². The molecule has 0 fully saturated rings. The first-order valence-electron chi connectivity index (χ1n) is 7.07. The van der Waals surface area contributed by atoms with Crippen molar-refractivity contribution < 1.29 is 13.2 Å². The van der Waals surface area contributed by atoms with Gasteiger partial charge in [0.25, 0.3) is 0 Å². The lowest BCUT2D eigenvalue weighted by Crippen LogP contribution is -2.44. The summed E-state index contributed by atoms with van der Waals surface area (Å²) in [6, 6.07) is -0.0512. The number of carbonyl (C=O) groups excluding carboxylic acids is 1. The van der Waals surface area contributed by atoms with E-state index in [0.717, 1.165) is 12.3 Å². The Balaban J connectivity index is 0. The van der Waals surface area contributed by atoms with Gasteiger partial charge in [-0.2, -0.15) is 11.8 Å². The summed E-state index contributed by atoms with van der Waals surface area (Å²) in [5.41, 5.74) is 0. The largest absolute Gasteiger partial charge is 0.356 e. The Labute approximate surface area is 161 Å². The summed E-state index contributed by atoms with van der Waals surface area (Å²) in [5, 5.41) is 6.28. The number of thioether (sulfide) groups is 1. The van der Waals surface area contributed by atoms with Crippen molar-refractivity contribution in [2.45, 2.75) is 19.4 Å². The van der Waals surface area contributed by atoms with E-state index in [4.69, 9.17) is 0 Å². The van der Waals surface area contributed by atoms with Crippen LogP contribution in [-0.2, 0) is 14.6 Å². The molecule has 0 aliphatic heterocycles. The SMILES string of the molecule is CSCCNC(=NCC(=O)N(C)C)NC(C)CCS(C)(=O)=O.I. The van der Waals surface area contributed by atoms with Crippen molar-refractivity contribution in [1.29, 1.82) is 0 Å². The zero-order chi connectivity index (χ0) is 17.2. The summed E-state index contributed by atoms with van der Waals surface area (Å²) in [7, 11) is 0.386. The first-order chi connectivity index (χ1) is 10.2. The number of nitrogens with zero attached hydrogens (tertiary/aromatic N) is 2. The van der Waals surface area contributed by atoms with Crippen LogP contribution in [0.2, 0.25) is 0 Å². The average molecular weight is 480 g/mol. The van der Waals surface area contributed by atoms with Crippen LogP contribution in [0.3, 0.4) is 0 Å². The number of sulfone groups is 1. The Morgan fingerprint density at radius 3 is 2.43 bits per heavy atom. The molecule has 0 aromatic carbocycles. The van der Waals surface area contributed by atoms with E-state index in [2.05, 4.69) is 15.6 Å². The molecular formula is C13H29IN4O3S2. The molecule has 0 rings (SSSR count). The standard InChI is InChI=1S/C13H28N4O3S2.HI/c1-11(6-9-22(5,19)20)16-13(14-7-8-21-4)15-10-12(18)17(2)3;/h11H,6-10H2,1-5H3,(H2,14,15,16);1H. The van der Waals surface area contributed by atoms with Crippen LogP contribution in [0.25, 0.3) is 0 Å². The Kier molecular flexibility index (Phi) is 14.3. The molecule has 0 aliphatic rings. The Morgan fingerprint density at radius 1 is 1.35 bits per heavy atom. The van der Waals surface area contributed by atoms with Gasteiger partial charge in [-0.3, -0.25) is 4.79 Å². The van der Waals surface area contributed by atoms with Gasteiger partial charge in [-0.05, 0) is 19.6 Å². The summed E-state index contributed by atoms with van der Waals surface area (Å²) in [6.07, 6.45) is 3.72. The van der Waals surface area contributed by atoms with Crippen molar-refractivity contribution in [3.8, 4) is 0 Å². The fraction of sp³-hybridized carbons (Fsp3) is 0.846. The minimum absolute atomic E-state index is 0. The Hall–Kier alpha value is -0.230. The maximum Gasteiger partial charge on any atom is 0.243 e. The van der Waals surface area contributed by atoms with Gasteiger partial charge in [0.15, 0.2) is 5.96 Å². The zero-order valence-corrected chi connectivity index (χ0v) is 18.4. The highest BCUT2D eigenvalue weighted by Crippen LogP contribution is 1.96. The number of hydrogen-bond acceptors (Lipinski definition) is 5. The van der Waals surface area contributed by atoms with Gasteiger partial charge < -0.3 is 15.5 Å². The van der Waals surface area contributed by atoms with E-state index >= 15 is 0 Å². The van der Waals surface area contributed by atoms with Gasteiger partial charge >= 0.3 is 0 Å². The third kappa shape index (κ3) is 15.1. The molecular weight excluding hydrogens is 451 g/mol. The monoisotopic (exact) mass is 480 g/mol. The average Bonchev–Trinajstić information content (AvgIpc) is 2.41. The minimum atomic E-state index is -2.98. The third-order valence-corrected chi connectivity index (χ3v) is 4.36. The highest BCUT2D eigenvalue weighted by molar-refractivity contribution is 14.0. The first kappa shape index (κ1) is 25.0. The molecule has 0 aliphatic carbocycles. The number of amides is 1. The van der Waals surface area contributed by atoms with Crippen LogP contribution >= 0.6 is 35.7 Å². The minimum Gasteiger partial charge on any atom is -0.356 e. The van der Waals surface area contributed by atoms with Crippen LogP contribution in [0, 0.1) is 0 Å². The molecule has 10 heteroatoms. The van der Waals surface area contributed by atoms with Crippen LogP contribution in [-0.4, -0.2) is 82.4 Å². The lowest BCUT2D eigenvalue weighted by molar-refractivity contribution is -0.127. The Morgan fingerprint density at radius 2 is 1.96 bits per heavy atom. The molecule has 1 amide bonds. The van der Waals surface area contributed by atoms with Crippen molar-refractivity contribution in [3.05, 3.63) is 0 Å². The second-order valence-electron chi connectivity index (χ2n) is 5.34. The fourth-order valence-corrected chi connectivity index (χ4v) is 2.50. The molecule has 0 saturated carbocycles. The summed E-state index contributed by atoms with van der Waals surface area (Å²) < 4.78 is 22.4. The summed E-state index contributed by atoms with van der Waals surface area (Å²) in [4.78, 5) is 17.3. The van der Waals surface area contributed by atoms with Crippen molar-refractivity contribution in [1.82, 2.24) is 15.5 Å². The van der Waals surface area contributed by atoms with Gasteiger partial charge in [0, 0.05) is 38.7 Å². The molecule has 0 saturated heterocycles. The maximum absolute atomic E-state index is 11.6. The number of halogens is 1. The number of guanidine groups is 1. The van der Waals surface area contributed by atoms with E-state index in [-0.39, 0.29) is 48.2 Å². The zero-order valence-electron chi connectivity index (χ0n) is 14.5. The molecule has 0 radical (unpaired) electrons. The normalized spacial score (nSPS) is 13.0. The number of aliphatic imine (C=N–C) groups is 1. The molecule has 138 valence electrons.